The predicted octanol–water partition coefficient (Wildman–Crippen LogP) is 4.27. The molecule has 1 heterocycles. The van der Waals surface area contributed by atoms with E-state index in [1.165, 1.54) is 24.8 Å². The SMILES string of the molecule is C=C/C=C/[C@@H]1C(=O)N(C2CCCCC2)[C@@H]1c1ccc(OC)cc1. The van der Waals surface area contributed by atoms with Crippen LogP contribution in [0.4, 0.5) is 0 Å². The Morgan fingerprint density at radius 3 is 2.48 bits per heavy atom. The first-order valence-corrected chi connectivity index (χ1v) is 8.51. The summed E-state index contributed by atoms with van der Waals surface area (Å²) in [5, 5.41) is 0. The third kappa shape index (κ3) is 3.05. The first-order chi connectivity index (χ1) is 11.3. The Morgan fingerprint density at radius 1 is 1.17 bits per heavy atom. The van der Waals surface area contributed by atoms with Crippen molar-refractivity contribution in [3.63, 3.8) is 0 Å². The fraction of sp³-hybridized carbons (Fsp3) is 0.450. The van der Waals surface area contributed by atoms with Crippen LogP contribution in [0.15, 0.2) is 49.1 Å². The number of amides is 1. The van der Waals surface area contributed by atoms with Gasteiger partial charge in [0.05, 0.1) is 19.1 Å². The van der Waals surface area contributed by atoms with Gasteiger partial charge in [0.2, 0.25) is 5.91 Å². The fourth-order valence-corrected chi connectivity index (χ4v) is 3.86. The summed E-state index contributed by atoms with van der Waals surface area (Å²) < 4.78 is 5.25. The fourth-order valence-electron chi connectivity index (χ4n) is 3.86. The van der Waals surface area contributed by atoms with Gasteiger partial charge < -0.3 is 9.64 Å². The number of carbonyl (C=O) groups is 1. The lowest BCUT2D eigenvalue weighted by molar-refractivity contribution is -0.159. The zero-order chi connectivity index (χ0) is 16.2. The van der Waals surface area contributed by atoms with E-state index in [0.29, 0.717) is 6.04 Å². The second kappa shape index (κ2) is 7.03. The lowest BCUT2D eigenvalue weighted by atomic mass is 9.78. The summed E-state index contributed by atoms with van der Waals surface area (Å²) in [6, 6.07) is 8.67. The summed E-state index contributed by atoms with van der Waals surface area (Å²) in [5.74, 6) is 1.04. The van der Waals surface area contributed by atoms with Gasteiger partial charge in [0.25, 0.3) is 0 Å². The summed E-state index contributed by atoms with van der Waals surface area (Å²) in [4.78, 5) is 14.8. The van der Waals surface area contributed by atoms with Crippen molar-refractivity contribution in [2.45, 2.75) is 44.2 Å². The van der Waals surface area contributed by atoms with Crippen LogP contribution in [-0.2, 0) is 4.79 Å². The quantitative estimate of drug-likeness (QED) is 0.600. The van der Waals surface area contributed by atoms with Crippen LogP contribution >= 0.6 is 0 Å². The molecule has 2 fully saturated rings. The second-order valence-corrected chi connectivity index (χ2v) is 6.40. The molecule has 1 aromatic rings. The number of benzene rings is 1. The highest BCUT2D eigenvalue weighted by atomic mass is 16.5. The number of carbonyl (C=O) groups excluding carboxylic acids is 1. The van der Waals surface area contributed by atoms with Crippen molar-refractivity contribution in [1.82, 2.24) is 4.90 Å². The highest BCUT2D eigenvalue weighted by Gasteiger charge is 2.49. The molecule has 122 valence electrons. The Morgan fingerprint density at radius 2 is 1.87 bits per heavy atom. The summed E-state index contributed by atoms with van der Waals surface area (Å²) in [6.07, 6.45) is 11.6. The van der Waals surface area contributed by atoms with Gasteiger partial charge in [-0.25, -0.2) is 0 Å². The van der Waals surface area contributed by atoms with Gasteiger partial charge in [-0.3, -0.25) is 4.79 Å². The van der Waals surface area contributed by atoms with Gasteiger partial charge in [-0.1, -0.05) is 56.2 Å². The van der Waals surface area contributed by atoms with E-state index in [2.05, 4.69) is 23.6 Å². The van der Waals surface area contributed by atoms with Crippen molar-refractivity contribution in [3.05, 3.63) is 54.6 Å². The van der Waals surface area contributed by atoms with Crippen LogP contribution < -0.4 is 4.74 Å². The van der Waals surface area contributed by atoms with Crippen molar-refractivity contribution in [1.29, 1.82) is 0 Å². The Bertz CT molecular complexity index is 584. The lowest BCUT2D eigenvalue weighted by Crippen LogP contribution is -2.58. The maximum Gasteiger partial charge on any atom is 0.232 e. The van der Waals surface area contributed by atoms with Gasteiger partial charge in [0, 0.05) is 6.04 Å². The minimum Gasteiger partial charge on any atom is -0.497 e. The molecule has 3 rings (SSSR count). The number of rotatable bonds is 5. The molecule has 0 unspecified atom stereocenters. The number of ether oxygens (including phenoxy) is 1. The van der Waals surface area contributed by atoms with Crippen molar-refractivity contribution in [2.75, 3.05) is 7.11 Å². The Labute approximate surface area is 138 Å². The normalized spacial score (nSPS) is 25.4. The van der Waals surface area contributed by atoms with Crippen molar-refractivity contribution < 1.29 is 9.53 Å². The largest absolute Gasteiger partial charge is 0.497 e. The van der Waals surface area contributed by atoms with E-state index in [9.17, 15) is 4.79 Å². The highest BCUT2D eigenvalue weighted by Crippen LogP contribution is 2.45. The number of hydrogen-bond donors (Lipinski definition) is 0. The zero-order valence-electron chi connectivity index (χ0n) is 13.8. The molecule has 1 amide bonds. The molecular weight excluding hydrogens is 286 g/mol. The topological polar surface area (TPSA) is 29.5 Å². The van der Waals surface area contributed by atoms with Gasteiger partial charge in [-0.15, -0.1) is 0 Å². The molecule has 1 saturated heterocycles. The van der Waals surface area contributed by atoms with Crippen molar-refractivity contribution in [2.24, 2.45) is 5.92 Å². The van der Waals surface area contributed by atoms with E-state index in [1.807, 2.05) is 24.3 Å². The third-order valence-corrected chi connectivity index (χ3v) is 5.06. The molecular formula is C20H25NO2. The molecule has 1 aliphatic heterocycles. The number of likely N-dealkylation sites (tertiary alicyclic amines) is 1. The molecule has 23 heavy (non-hydrogen) atoms. The van der Waals surface area contributed by atoms with Crippen LogP contribution in [0.1, 0.15) is 43.7 Å². The molecule has 1 saturated carbocycles. The average Bonchev–Trinajstić information content (AvgIpc) is 2.61. The van der Waals surface area contributed by atoms with E-state index >= 15 is 0 Å². The van der Waals surface area contributed by atoms with Crippen LogP contribution in [0, 0.1) is 5.92 Å². The minimum absolute atomic E-state index is 0.0664. The Balaban J connectivity index is 1.86. The summed E-state index contributed by atoms with van der Waals surface area (Å²) in [5.41, 5.74) is 1.19. The number of β-lactam (4-membered cyclic amide) rings is 1. The van der Waals surface area contributed by atoms with E-state index in [4.69, 9.17) is 4.74 Å². The van der Waals surface area contributed by atoms with Crippen molar-refractivity contribution >= 4 is 5.91 Å². The molecule has 1 aromatic carbocycles. The molecule has 0 spiro atoms. The molecule has 3 nitrogen and oxygen atoms in total. The zero-order valence-corrected chi connectivity index (χ0v) is 13.8. The van der Waals surface area contributed by atoms with E-state index < -0.39 is 0 Å². The Kier molecular flexibility index (Phi) is 4.85. The van der Waals surface area contributed by atoms with Crippen LogP contribution in [0.3, 0.4) is 0 Å². The molecule has 3 heteroatoms. The standard InChI is InChI=1S/C20H25NO2/c1-3-4-10-18-19(15-11-13-17(23-2)14-12-15)21(20(18)22)16-8-6-5-7-9-16/h3-4,10-14,16,18-19H,1,5-9H2,2H3/b10-4+/t18-,19+/m0/s1. The first kappa shape index (κ1) is 15.9. The molecule has 0 N–H and O–H groups in total. The van der Waals surface area contributed by atoms with Gasteiger partial charge in [0.1, 0.15) is 5.75 Å². The summed E-state index contributed by atoms with van der Waals surface area (Å²) in [6.45, 7) is 3.72. The van der Waals surface area contributed by atoms with Crippen LogP contribution in [0.25, 0.3) is 0 Å². The highest BCUT2D eigenvalue weighted by molar-refractivity contribution is 5.88. The number of allylic oxidation sites excluding steroid dienone is 2. The monoisotopic (exact) mass is 311 g/mol. The van der Waals surface area contributed by atoms with E-state index in [1.54, 1.807) is 13.2 Å². The average molecular weight is 311 g/mol. The van der Waals surface area contributed by atoms with Crippen molar-refractivity contribution in [3.8, 4) is 5.75 Å². The van der Waals surface area contributed by atoms with Gasteiger partial charge >= 0.3 is 0 Å². The van der Waals surface area contributed by atoms with Crippen LogP contribution in [0.2, 0.25) is 0 Å². The summed E-state index contributed by atoms with van der Waals surface area (Å²) in [7, 11) is 1.67. The smallest absolute Gasteiger partial charge is 0.232 e. The third-order valence-electron chi connectivity index (χ3n) is 5.06. The predicted molar refractivity (Wildman–Crippen MR) is 92.3 cm³/mol. The molecule has 0 bridgehead atoms. The lowest BCUT2D eigenvalue weighted by Gasteiger charge is -2.51. The van der Waals surface area contributed by atoms with Gasteiger partial charge in [-0.2, -0.15) is 0 Å². The number of methoxy groups -OCH3 is 1. The molecule has 0 aromatic heterocycles. The Hall–Kier alpha value is -2.03. The van der Waals surface area contributed by atoms with Gasteiger partial charge in [0.15, 0.2) is 0 Å². The first-order valence-electron chi connectivity index (χ1n) is 8.51. The summed E-state index contributed by atoms with van der Waals surface area (Å²) >= 11 is 0. The van der Waals surface area contributed by atoms with Crippen LogP contribution in [0.5, 0.6) is 5.75 Å². The number of hydrogen-bond acceptors (Lipinski definition) is 2. The number of nitrogens with zero attached hydrogens (tertiary/aromatic N) is 1. The molecule has 2 aliphatic rings. The van der Waals surface area contributed by atoms with E-state index in [0.717, 1.165) is 18.6 Å². The maximum atomic E-state index is 12.7. The molecule has 1 aliphatic carbocycles. The molecule has 2 atom stereocenters. The maximum absolute atomic E-state index is 12.7. The second-order valence-electron chi connectivity index (χ2n) is 6.40. The molecule has 0 radical (unpaired) electrons. The van der Waals surface area contributed by atoms with E-state index in [-0.39, 0.29) is 17.9 Å². The minimum atomic E-state index is -0.0664. The van der Waals surface area contributed by atoms with Gasteiger partial charge in [-0.05, 0) is 30.5 Å². The van der Waals surface area contributed by atoms with Crippen LogP contribution in [-0.4, -0.2) is 24.0 Å².